The Morgan fingerprint density at radius 1 is 0.900 bits per heavy atom. The van der Waals surface area contributed by atoms with Crippen molar-refractivity contribution in [3.8, 4) is 0 Å². The molecule has 0 amide bonds. The summed E-state index contributed by atoms with van der Waals surface area (Å²) in [6.45, 7) is 15.9. The zero-order valence-electron chi connectivity index (χ0n) is 14.5. The molecule has 20 heavy (non-hydrogen) atoms. The third-order valence-corrected chi connectivity index (χ3v) is 4.12. The number of nitrogens with one attached hydrogen (secondary N) is 1. The highest BCUT2D eigenvalue weighted by molar-refractivity contribution is 5.39. The number of aryl methyl sites for hydroxylation is 3. The summed E-state index contributed by atoms with van der Waals surface area (Å²) in [7, 11) is 0. The highest BCUT2D eigenvalue weighted by atomic mass is 14.9. The van der Waals surface area contributed by atoms with E-state index in [1.54, 1.807) is 0 Å². The molecule has 0 aliphatic carbocycles. The molecule has 0 fully saturated rings. The van der Waals surface area contributed by atoms with Crippen molar-refractivity contribution in [3.63, 3.8) is 0 Å². The van der Waals surface area contributed by atoms with Crippen LogP contribution in [0.15, 0.2) is 12.1 Å². The Balaban J connectivity index is 2.60. The number of hydrogen-bond acceptors (Lipinski definition) is 1. The van der Waals surface area contributed by atoms with Gasteiger partial charge in [-0.1, -0.05) is 44.4 Å². The van der Waals surface area contributed by atoms with Crippen LogP contribution in [0.4, 0.5) is 0 Å². The largest absolute Gasteiger partial charge is 0.308 e. The second-order valence-corrected chi connectivity index (χ2v) is 6.93. The fourth-order valence-electron chi connectivity index (χ4n) is 3.30. The number of hydrogen-bond donors (Lipinski definition) is 1. The number of rotatable bonds is 7. The van der Waals surface area contributed by atoms with Gasteiger partial charge >= 0.3 is 0 Å². The van der Waals surface area contributed by atoms with Crippen LogP contribution in [-0.2, 0) is 0 Å². The predicted octanol–water partition coefficient (Wildman–Crippen LogP) is 5.48. The maximum atomic E-state index is 3.77. The summed E-state index contributed by atoms with van der Waals surface area (Å²) in [4.78, 5) is 0. The Labute approximate surface area is 126 Å². The van der Waals surface area contributed by atoms with Gasteiger partial charge in [0.1, 0.15) is 0 Å². The SMILES string of the molecule is Cc1cc(C)c(C(C)NC(C)CCCC(C)C)c(C)c1. The number of benzene rings is 1. The zero-order chi connectivity index (χ0) is 15.3. The maximum absolute atomic E-state index is 3.77. The first-order chi connectivity index (χ1) is 9.31. The van der Waals surface area contributed by atoms with Gasteiger partial charge in [-0.15, -0.1) is 0 Å². The molecule has 0 aromatic heterocycles. The third kappa shape index (κ3) is 5.28. The molecule has 1 aromatic carbocycles. The van der Waals surface area contributed by atoms with E-state index < -0.39 is 0 Å². The summed E-state index contributed by atoms with van der Waals surface area (Å²) in [5, 5.41) is 3.77. The van der Waals surface area contributed by atoms with Crippen LogP contribution in [0, 0.1) is 26.7 Å². The molecule has 1 nitrogen and oxygen atoms in total. The van der Waals surface area contributed by atoms with Crippen LogP contribution >= 0.6 is 0 Å². The molecule has 2 atom stereocenters. The molecule has 1 N–H and O–H groups in total. The van der Waals surface area contributed by atoms with E-state index in [-0.39, 0.29) is 0 Å². The van der Waals surface area contributed by atoms with Crippen molar-refractivity contribution in [3.05, 3.63) is 34.4 Å². The zero-order valence-corrected chi connectivity index (χ0v) is 14.5. The molecule has 0 spiro atoms. The van der Waals surface area contributed by atoms with Gasteiger partial charge in [-0.25, -0.2) is 0 Å². The summed E-state index contributed by atoms with van der Waals surface area (Å²) in [6, 6.07) is 5.61. The van der Waals surface area contributed by atoms with Crippen molar-refractivity contribution in [1.29, 1.82) is 0 Å². The fourth-order valence-corrected chi connectivity index (χ4v) is 3.30. The van der Waals surface area contributed by atoms with Crippen LogP contribution < -0.4 is 5.32 Å². The molecular formula is C19H33N. The fraction of sp³-hybridized carbons (Fsp3) is 0.684. The summed E-state index contributed by atoms with van der Waals surface area (Å²) < 4.78 is 0. The van der Waals surface area contributed by atoms with Gasteiger partial charge in [0.25, 0.3) is 0 Å². The van der Waals surface area contributed by atoms with Crippen molar-refractivity contribution in [1.82, 2.24) is 5.32 Å². The molecule has 1 aromatic rings. The lowest BCUT2D eigenvalue weighted by Crippen LogP contribution is -2.29. The Kier molecular flexibility index (Phi) is 6.75. The molecule has 0 heterocycles. The van der Waals surface area contributed by atoms with Crippen molar-refractivity contribution in [2.45, 2.75) is 79.8 Å². The molecule has 0 saturated carbocycles. The van der Waals surface area contributed by atoms with Gasteiger partial charge in [0.2, 0.25) is 0 Å². The van der Waals surface area contributed by atoms with E-state index in [1.165, 1.54) is 41.5 Å². The molecule has 0 radical (unpaired) electrons. The molecule has 114 valence electrons. The maximum Gasteiger partial charge on any atom is 0.0299 e. The van der Waals surface area contributed by atoms with Crippen LogP contribution in [0.5, 0.6) is 0 Å². The summed E-state index contributed by atoms with van der Waals surface area (Å²) in [5.41, 5.74) is 5.67. The van der Waals surface area contributed by atoms with Crippen molar-refractivity contribution in [2.24, 2.45) is 5.92 Å². The Morgan fingerprint density at radius 3 is 1.95 bits per heavy atom. The lowest BCUT2D eigenvalue weighted by molar-refractivity contribution is 0.422. The van der Waals surface area contributed by atoms with E-state index >= 15 is 0 Å². The van der Waals surface area contributed by atoms with Gasteiger partial charge in [0.05, 0.1) is 0 Å². The van der Waals surface area contributed by atoms with Crippen LogP contribution in [0.25, 0.3) is 0 Å². The van der Waals surface area contributed by atoms with Gasteiger partial charge in [0, 0.05) is 12.1 Å². The first-order valence-electron chi connectivity index (χ1n) is 8.15. The predicted molar refractivity (Wildman–Crippen MR) is 90.4 cm³/mol. The quantitative estimate of drug-likeness (QED) is 0.695. The minimum atomic E-state index is 0.435. The monoisotopic (exact) mass is 275 g/mol. The summed E-state index contributed by atoms with van der Waals surface area (Å²) in [5.74, 6) is 0.821. The van der Waals surface area contributed by atoms with Gasteiger partial charge in [0.15, 0.2) is 0 Å². The molecule has 1 heteroatoms. The molecule has 0 bridgehead atoms. The van der Waals surface area contributed by atoms with Crippen LogP contribution in [-0.4, -0.2) is 6.04 Å². The lowest BCUT2D eigenvalue weighted by atomic mass is 9.94. The van der Waals surface area contributed by atoms with Gasteiger partial charge in [-0.3, -0.25) is 0 Å². The first-order valence-corrected chi connectivity index (χ1v) is 8.15. The Morgan fingerprint density at radius 2 is 1.45 bits per heavy atom. The Hall–Kier alpha value is -0.820. The van der Waals surface area contributed by atoms with E-state index in [2.05, 4.69) is 65.9 Å². The lowest BCUT2D eigenvalue weighted by Gasteiger charge is -2.24. The van der Waals surface area contributed by atoms with Crippen LogP contribution in [0.1, 0.15) is 75.3 Å². The minimum absolute atomic E-state index is 0.435. The third-order valence-electron chi connectivity index (χ3n) is 4.12. The first kappa shape index (κ1) is 17.2. The standard InChI is InChI=1S/C19H33N/c1-13(2)9-8-10-17(6)20-18(7)19-15(4)11-14(3)12-16(19)5/h11-13,17-18,20H,8-10H2,1-7H3. The molecule has 0 aliphatic rings. The summed E-state index contributed by atoms with van der Waals surface area (Å²) >= 11 is 0. The molecular weight excluding hydrogens is 242 g/mol. The van der Waals surface area contributed by atoms with Crippen molar-refractivity contribution < 1.29 is 0 Å². The second-order valence-electron chi connectivity index (χ2n) is 6.93. The second kappa shape index (κ2) is 7.83. The van der Waals surface area contributed by atoms with E-state index in [1.807, 2.05) is 0 Å². The smallest absolute Gasteiger partial charge is 0.0299 e. The highest BCUT2D eigenvalue weighted by Gasteiger charge is 2.14. The highest BCUT2D eigenvalue weighted by Crippen LogP contribution is 2.24. The molecule has 0 aliphatic heterocycles. The molecule has 2 unspecified atom stereocenters. The molecule has 0 saturated heterocycles. The van der Waals surface area contributed by atoms with E-state index in [0.29, 0.717) is 12.1 Å². The topological polar surface area (TPSA) is 12.0 Å². The van der Waals surface area contributed by atoms with Crippen LogP contribution in [0.2, 0.25) is 0 Å². The normalized spacial score (nSPS) is 14.6. The van der Waals surface area contributed by atoms with Crippen molar-refractivity contribution >= 4 is 0 Å². The van der Waals surface area contributed by atoms with E-state index in [4.69, 9.17) is 0 Å². The Bertz CT molecular complexity index is 397. The minimum Gasteiger partial charge on any atom is -0.308 e. The van der Waals surface area contributed by atoms with Gasteiger partial charge in [-0.05, 0) is 63.6 Å². The van der Waals surface area contributed by atoms with Crippen LogP contribution in [0.3, 0.4) is 0 Å². The van der Waals surface area contributed by atoms with E-state index in [9.17, 15) is 0 Å². The average molecular weight is 275 g/mol. The average Bonchev–Trinajstić information content (AvgIpc) is 2.26. The van der Waals surface area contributed by atoms with Gasteiger partial charge < -0.3 is 5.32 Å². The van der Waals surface area contributed by atoms with Gasteiger partial charge in [-0.2, -0.15) is 0 Å². The van der Waals surface area contributed by atoms with E-state index in [0.717, 1.165) is 5.92 Å². The summed E-state index contributed by atoms with van der Waals surface area (Å²) in [6.07, 6.45) is 3.93. The molecule has 1 rings (SSSR count). The van der Waals surface area contributed by atoms with Crippen molar-refractivity contribution in [2.75, 3.05) is 0 Å².